The monoisotopic (exact) mass is 196 g/mol. The van der Waals surface area contributed by atoms with E-state index in [4.69, 9.17) is 10.00 Å². The number of hydrogen-bond acceptors (Lipinski definition) is 3. The van der Waals surface area contributed by atoms with Crippen molar-refractivity contribution < 1.29 is 9.53 Å². The first-order chi connectivity index (χ1) is 6.76. The van der Waals surface area contributed by atoms with Crippen LogP contribution < -0.4 is 5.32 Å². The lowest BCUT2D eigenvalue weighted by Gasteiger charge is -2.12. The zero-order valence-electron chi connectivity index (χ0n) is 8.45. The van der Waals surface area contributed by atoms with Crippen LogP contribution in [0.2, 0.25) is 0 Å². The van der Waals surface area contributed by atoms with Gasteiger partial charge in [-0.2, -0.15) is 5.26 Å². The van der Waals surface area contributed by atoms with Crippen LogP contribution in [0, 0.1) is 11.3 Å². The lowest BCUT2D eigenvalue weighted by Crippen LogP contribution is -2.35. The number of carbonyl (C=O) groups excluding carboxylic acids is 1. The van der Waals surface area contributed by atoms with Gasteiger partial charge in [0.05, 0.1) is 18.6 Å². The molecule has 4 nitrogen and oxygen atoms in total. The maximum Gasteiger partial charge on any atom is 0.223 e. The van der Waals surface area contributed by atoms with E-state index in [-0.39, 0.29) is 18.1 Å². The second-order valence-electron chi connectivity index (χ2n) is 3.50. The highest BCUT2D eigenvalue weighted by Gasteiger charge is 2.20. The topological polar surface area (TPSA) is 62.1 Å². The van der Waals surface area contributed by atoms with Crippen LogP contribution in [0.5, 0.6) is 0 Å². The molecule has 1 N–H and O–H groups in total. The largest absolute Gasteiger partial charge is 0.378 e. The number of amides is 1. The summed E-state index contributed by atoms with van der Waals surface area (Å²) in [7, 11) is 0. The molecule has 0 aromatic carbocycles. The Bertz CT molecular complexity index is 229. The van der Waals surface area contributed by atoms with Crippen molar-refractivity contribution >= 4 is 5.91 Å². The summed E-state index contributed by atoms with van der Waals surface area (Å²) in [4.78, 5) is 11.4. The Balaban J connectivity index is 2.24. The van der Waals surface area contributed by atoms with Crippen LogP contribution in [0.4, 0.5) is 0 Å². The molecule has 1 fully saturated rings. The summed E-state index contributed by atoms with van der Waals surface area (Å²) in [5.74, 6) is -0.0784. The lowest BCUT2D eigenvalue weighted by atomic mass is 10.1. The van der Waals surface area contributed by atoms with Crippen LogP contribution in [0.25, 0.3) is 0 Å². The smallest absolute Gasteiger partial charge is 0.223 e. The standard InChI is InChI=1S/C10H16N2O2/c1-2-8(7-11)12-10(13)6-9-4-3-5-14-9/h8-9H,2-6H2,1H3,(H,12,13). The summed E-state index contributed by atoms with van der Waals surface area (Å²) < 4.78 is 5.33. The van der Waals surface area contributed by atoms with Gasteiger partial charge in [0.25, 0.3) is 0 Å². The third-order valence-electron chi connectivity index (χ3n) is 2.34. The van der Waals surface area contributed by atoms with Crippen LogP contribution in [-0.4, -0.2) is 24.7 Å². The first kappa shape index (κ1) is 11.0. The fourth-order valence-electron chi connectivity index (χ4n) is 1.49. The molecule has 4 heteroatoms. The van der Waals surface area contributed by atoms with Crippen molar-refractivity contribution in [3.63, 3.8) is 0 Å². The fourth-order valence-corrected chi connectivity index (χ4v) is 1.49. The van der Waals surface area contributed by atoms with Gasteiger partial charge in [0.15, 0.2) is 0 Å². The van der Waals surface area contributed by atoms with Gasteiger partial charge in [-0.1, -0.05) is 6.92 Å². The first-order valence-corrected chi connectivity index (χ1v) is 5.06. The molecule has 0 aromatic heterocycles. The van der Waals surface area contributed by atoms with E-state index < -0.39 is 0 Å². The van der Waals surface area contributed by atoms with Crippen LogP contribution in [0.1, 0.15) is 32.6 Å². The van der Waals surface area contributed by atoms with E-state index in [1.54, 1.807) is 0 Å². The number of nitriles is 1. The highest BCUT2D eigenvalue weighted by molar-refractivity contribution is 5.77. The van der Waals surface area contributed by atoms with Crippen molar-refractivity contribution in [2.45, 2.75) is 44.8 Å². The summed E-state index contributed by atoms with van der Waals surface area (Å²) >= 11 is 0. The van der Waals surface area contributed by atoms with Crippen molar-refractivity contribution in [1.29, 1.82) is 5.26 Å². The predicted octanol–water partition coefficient (Wildman–Crippen LogP) is 0.974. The summed E-state index contributed by atoms with van der Waals surface area (Å²) in [6.45, 7) is 2.63. The van der Waals surface area contributed by atoms with Gasteiger partial charge in [-0.15, -0.1) is 0 Å². The molecule has 0 bridgehead atoms. The number of rotatable bonds is 4. The number of nitrogens with zero attached hydrogens (tertiary/aromatic N) is 1. The van der Waals surface area contributed by atoms with Gasteiger partial charge in [0.1, 0.15) is 6.04 Å². The van der Waals surface area contributed by atoms with Gasteiger partial charge in [-0.25, -0.2) is 0 Å². The molecular formula is C10H16N2O2. The first-order valence-electron chi connectivity index (χ1n) is 5.06. The molecule has 14 heavy (non-hydrogen) atoms. The van der Waals surface area contributed by atoms with E-state index in [9.17, 15) is 4.79 Å². The second-order valence-corrected chi connectivity index (χ2v) is 3.50. The summed E-state index contributed by atoms with van der Waals surface area (Å²) in [5, 5.41) is 11.3. The van der Waals surface area contributed by atoms with Gasteiger partial charge < -0.3 is 10.1 Å². The minimum absolute atomic E-state index is 0.0613. The second kappa shape index (κ2) is 5.61. The molecule has 0 radical (unpaired) electrons. The normalized spacial score (nSPS) is 22.7. The summed E-state index contributed by atoms with van der Waals surface area (Å²) in [5.41, 5.74) is 0. The van der Waals surface area contributed by atoms with Crippen LogP contribution in [-0.2, 0) is 9.53 Å². The van der Waals surface area contributed by atoms with E-state index in [1.807, 2.05) is 13.0 Å². The van der Waals surface area contributed by atoms with Crippen LogP contribution in [0.15, 0.2) is 0 Å². The van der Waals surface area contributed by atoms with Crippen molar-refractivity contribution in [2.75, 3.05) is 6.61 Å². The van der Waals surface area contributed by atoms with E-state index in [0.29, 0.717) is 12.8 Å². The van der Waals surface area contributed by atoms with Gasteiger partial charge in [-0.05, 0) is 19.3 Å². The SMILES string of the molecule is CCC(C#N)NC(=O)CC1CCCO1. The molecule has 0 aliphatic carbocycles. The predicted molar refractivity (Wildman–Crippen MR) is 51.4 cm³/mol. The average Bonchev–Trinajstić information content (AvgIpc) is 2.66. The van der Waals surface area contributed by atoms with Gasteiger partial charge >= 0.3 is 0 Å². The number of hydrogen-bond donors (Lipinski definition) is 1. The maximum absolute atomic E-state index is 11.4. The molecule has 2 atom stereocenters. The molecule has 0 saturated carbocycles. The Kier molecular flexibility index (Phi) is 4.41. The highest BCUT2D eigenvalue weighted by atomic mass is 16.5. The van der Waals surface area contributed by atoms with E-state index in [2.05, 4.69) is 5.32 Å². The molecule has 1 saturated heterocycles. The van der Waals surface area contributed by atoms with Gasteiger partial charge in [0, 0.05) is 6.61 Å². The highest BCUT2D eigenvalue weighted by Crippen LogP contribution is 2.14. The Labute approximate surface area is 84.2 Å². The van der Waals surface area contributed by atoms with Gasteiger partial charge in [0.2, 0.25) is 5.91 Å². The number of carbonyl (C=O) groups is 1. The zero-order chi connectivity index (χ0) is 10.4. The van der Waals surface area contributed by atoms with Gasteiger partial charge in [-0.3, -0.25) is 4.79 Å². The van der Waals surface area contributed by atoms with Crippen molar-refractivity contribution in [2.24, 2.45) is 0 Å². The Morgan fingerprint density at radius 2 is 2.57 bits per heavy atom. The van der Waals surface area contributed by atoms with Crippen LogP contribution in [0.3, 0.4) is 0 Å². The van der Waals surface area contributed by atoms with E-state index >= 15 is 0 Å². The molecule has 0 spiro atoms. The molecule has 2 unspecified atom stereocenters. The summed E-state index contributed by atoms with van der Waals surface area (Å²) in [6.07, 6.45) is 3.09. The molecular weight excluding hydrogens is 180 g/mol. The molecule has 0 aromatic rings. The Morgan fingerprint density at radius 1 is 1.79 bits per heavy atom. The lowest BCUT2D eigenvalue weighted by molar-refractivity contribution is -0.123. The van der Waals surface area contributed by atoms with Crippen LogP contribution >= 0.6 is 0 Å². The third kappa shape index (κ3) is 3.35. The zero-order valence-corrected chi connectivity index (χ0v) is 8.45. The number of ether oxygens (including phenoxy) is 1. The fraction of sp³-hybridized carbons (Fsp3) is 0.800. The summed E-state index contributed by atoms with van der Waals surface area (Å²) in [6, 6.07) is 1.68. The molecule has 1 aliphatic rings. The minimum atomic E-state index is -0.357. The molecule has 1 heterocycles. The van der Waals surface area contributed by atoms with Crippen molar-refractivity contribution in [3.05, 3.63) is 0 Å². The molecule has 1 amide bonds. The van der Waals surface area contributed by atoms with Crippen molar-refractivity contribution in [3.8, 4) is 6.07 Å². The third-order valence-corrected chi connectivity index (χ3v) is 2.34. The van der Waals surface area contributed by atoms with E-state index in [1.165, 1.54) is 0 Å². The molecule has 1 aliphatic heterocycles. The quantitative estimate of drug-likeness (QED) is 0.728. The minimum Gasteiger partial charge on any atom is -0.378 e. The molecule has 1 rings (SSSR count). The Morgan fingerprint density at radius 3 is 3.07 bits per heavy atom. The van der Waals surface area contributed by atoms with E-state index in [0.717, 1.165) is 19.4 Å². The Hall–Kier alpha value is -1.08. The maximum atomic E-state index is 11.4. The number of nitrogens with one attached hydrogen (secondary N) is 1. The molecule has 78 valence electrons. The average molecular weight is 196 g/mol. The van der Waals surface area contributed by atoms with Crippen molar-refractivity contribution in [1.82, 2.24) is 5.32 Å².